The minimum Gasteiger partial charge on any atom is -0.394 e. The minimum absolute atomic E-state index is 0.0192. The molecule has 1 rings (SSSR count). The van der Waals surface area contributed by atoms with E-state index < -0.39 is 0 Å². The molecule has 1 heterocycles. The van der Waals surface area contributed by atoms with Crippen molar-refractivity contribution in [2.75, 3.05) is 32.8 Å². The van der Waals surface area contributed by atoms with E-state index >= 15 is 0 Å². The number of nitrogens with one attached hydrogen (secondary N) is 1. The van der Waals surface area contributed by atoms with Gasteiger partial charge in [0.15, 0.2) is 0 Å². The maximum atomic E-state index is 11.8. The van der Waals surface area contributed by atoms with E-state index in [1.807, 2.05) is 6.92 Å². The molecule has 0 aromatic heterocycles. The number of aliphatic hydroxyl groups excluding tert-OH is 1. The zero-order valence-electron chi connectivity index (χ0n) is 9.69. The fraction of sp³-hybridized carbons (Fsp3) is 0.727. The van der Waals surface area contributed by atoms with Crippen LogP contribution in [0.4, 0.5) is 0 Å². The Morgan fingerprint density at radius 2 is 2.44 bits per heavy atom. The Balaban J connectivity index is 2.39. The van der Waals surface area contributed by atoms with Crippen molar-refractivity contribution in [1.82, 2.24) is 10.2 Å². The summed E-state index contributed by atoms with van der Waals surface area (Å²) < 4.78 is 5.46. The van der Waals surface area contributed by atoms with Crippen molar-refractivity contribution in [3.8, 4) is 0 Å². The highest BCUT2D eigenvalue weighted by Crippen LogP contribution is 2.10. The lowest BCUT2D eigenvalue weighted by Crippen LogP contribution is -2.52. The number of hydrogen-bond acceptors (Lipinski definition) is 4. The summed E-state index contributed by atoms with van der Waals surface area (Å²) in [6, 6.07) is 0. The number of hydrogen-bond donors (Lipinski definition) is 2. The molecule has 92 valence electrons. The van der Waals surface area contributed by atoms with E-state index in [2.05, 4.69) is 11.9 Å². The van der Waals surface area contributed by atoms with Crippen LogP contribution >= 0.6 is 0 Å². The first kappa shape index (κ1) is 13.2. The first-order valence-electron chi connectivity index (χ1n) is 5.53. The Hall–Kier alpha value is -0.910. The molecule has 0 radical (unpaired) electrons. The topological polar surface area (TPSA) is 61.8 Å². The molecule has 0 aromatic carbocycles. The number of ether oxygens (including phenoxy) is 1. The molecule has 1 amide bonds. The molecule has 16 heavy (non-hydrogen) atoms. The first-order chi connectivity index (χ1) is 7.67. The van der Waals surface area contributed by atoms with Crippen LogP contribution in [0.15, 0.2) is 12.7 Å². The third kappa shape index (κ3) is 3.92. The summed E-state index contributed by atoms with van der Waals surface area (Å²) in [5.41, 5.74) is 0. The Labute approximate surface area is 96.1 Å². The van der Waals surface area contributed by atoms with Gasteiger partial charge in [-0.05, 0) is 6.92 Å². The van der Waals surface area contributed by atoms with Gasteiger partial charge in [0, 0.05) is 19.6 Å². The number of aliphatic hydroxyl groups is 1. The number of carbonyl (C=O) groups excluding carboxylic acids is 1. The third-order valence-electron chi connectivity index (χ3n) is 2.45. The number of amides is 1. The molecule has 2 N–H and O–H groups in total. The monoisotopic (exact) mass is 228 g/mol. The van der Waals surface area contributed by atoms with Gasteiger partial charge < -0.3 is 20.1 Å². The fourth-order valence-electron chi connectivity index (χ4n) is 1.74. The van der Waals surface area contributed by atoms with Gasteiger partial charge >= 0.3 is 0 Å². The summed E-state index contributed by atoms with van der Waals surface area (Å²) in [4.78, 5) is 13.5. The van der Waals surface area contributed by atoms with Crippen LogP contribution in [0.3, 0.4) is 0 Å². The highest BCUT2D eigenvalue weighted by Gasteiger charge is 2.27. The molecule has 0 aromatic rings. The zero-order valence-corrected chi connectivity index (χ0v) is 9.69. The highest BCUT2D eigenvalue weighted by molar-refractivity contribution is 5.78. The van der Waals surface area contributed by atoms with E-state index in [0.29, 0.717) is 26.2 Å². The molecule has 5 nitrogen and oxygen atoms in total. The number of rotatable bonds is 5. The Bertz CT molecular complexity index is 245. The van der Waals surface area contributed by atoms with Crippen LogP contribution in [-0.2, 0) is 9.53 Å². The van der Waals surface area contributed by atoms with Crippen LogP contribution < -0.4 is 5.32 Å². The molecular formula is C11H20N2O3. The van der Waals surface area contributed by atoms with Gasteiger partial charge in [0.1, 0.15) is 0 Å². The van der Waals surface area contributed by atoms with E-state index in [4.69, 9.17) is 9.84 Å². The van der Waals surface area contributed by atoms with Crippen molar-refractivity contribution in [2.45, 2.75) is 19.1 Å². The Morgan fingerprint density at radius 3 is 3.06 bits per heavy atom. The molecule has 0 saturated carbocycles. The highest BCUT2D eigenvalue weighted by atomic mass is 16.5. The van der Waals surface area contributed by atoms with Crippen molar-refractivity contribution >= 4 is 5.91 Å². The van der Waals surface area contributed by atoms with Crippen LogP contribution in [0, 0.1) is 0 Å². The van der Waals surface area contributed by atoms with Crippen LogP contribution in [0.5, 0.6) is 0 Å². The molecular weight excluding hydrogens is 208 g/mol. The van der Waals surface area contributed by atoms with Crippen molar-refractivity contribution in [3.63, 3.8) is 0 Å². The van der Waals surface area contributed by atoms with Crippen molar-refractivity contribution in [2.24, 2.45) is 0 Å². The smallest absolute Gasteiger partial charge is 0.236 e. The molecule has 2 unspecified atom stereocenters. The van der Waals surface area contributed by atoms with Gasteiger partial charge in [-0.2, -0.15) is 0 Å². The minimum atomic E-state index is -0.257. The Kier molecular flexibility index (Phi) is 5.45. The van der Waals surface area contributed by atoms with Crippen LogP contribution in [0.2, 0.25) is 0 Å². The Morgan fingerprint density at radius 1 is 1.69 bits per heavy atom. The van der Waals surface area contributed by atoms with Gasteiger partial charge in [-0.1, -0.05) is 6.08 Å². The number of nitrogens with zero attached hydrogens (tertiary/aromatic N) is 1. The van der Waals surface area contributed by atoms with Crippen LogP contribution in [0.1, 0.15) is 6.92 Å². The van der Waals surface area contributed by atoms with E-state index in [9.17, 15) is 4.79 Å². The molecule has 1 aliphatic rings. The first-order valence-corrected chi connectivity index (χ1v) is 5.53. The quantitative estimate of drug-likeness (QED) is 0.486. The lowest BCUT2D eigenvalue weighted by atomic mass is 10.2. The van der Waals surface area contributed by atoms with E-state index in [1.54, 1.807) is 11.0 Å². The van der Waals surface area contributed by atoms with E-state index in [-0.39, 0.29) is 24.7 Å². The SMILES string of the molecule is C=CCNCC(=O)N1CC(C)OC(CO)C1. The largest absolute Gasteiger partial charge is 0.394 e. The summed E-state index contributed by atoms with van der Waals surface area (Å²) in [7, 11) is 0. The van der Waals surface area contributed by atoms with E-state index in [1.165, 1.54) is 0 Å². The predicted molar refractivity (Wildman–Crippen MR) is 61.1 cm³/mol. The summed E-state index contributed by atoms with van der Waals surface area (Å²) in [5, 5.41) is 12.0. The van der Waals surface area contributed by atoms with Gasteiger partial charge in [-0.15, -0.1) is 6.58 Å². The number of morpholine rings is 1. The third-order valence-corrected chi connectivity index (χ3v) is 2.45. The normalized spacial score (nSPS) is 25.5. The van der Waals surface area contributed by atoms with Crippen molar-refractivity contribution in [1.29, 1.82) is 0 Å². The zero-order chi connectivity index (χ0) is 12.0. The van der Waals surface area contributed by atoms with Gasteiger partial charge in [0.05, 0.1) is 25.4 Å². The molecule has 2 atom stereocenters. The summed E-state index contributed by atoms with van der Waals surface area (Å²) >= 11 is 0. The van der Waals surface area contributed by atoms with Crippen molar-refractivity contribution in [3.05, 3.63) is 12.7 Å². The van der Waals surface area contributed by atoms with Gasteiger partial charge in [-0.3, -0.25) is 4.79 Å². The van der Waals surface area contributed by atoms with Gasteiger partial charge in [-0.25, -0.2) is 0 Å². The fourth-order valence-corrected chi connectivity index (χ4v) is 1.74. The molecule has 1 aliphatic heterocycles. The maximum Gasteiger partial charge on any atom is 0.236 e. The molecule has 0 aliphatic carbocycles. The average molecular weight is 228 g/mol. The second-order valence-corrected chi connectivity index (χ2v) is 3.97. The van der Waals surface area contributed by atoms with Gasteiger partial charge in [0.2, 0.25) is 5.91 Å². The van der Waals surface area contributed by atoms with Crippen LogP contribution in [0.25, 0.3) is 0 Å². The average Bonchev–Trinajstić information content (AvgIpc) is 2.28. The van der Waals surface area contributed by atoms with Crippen molar-refractivity contribution < 1.29 is 14.6 Å². The summed E-state index contributed by atoms with van der Waals surface area (Å²) in [5.74, 6) is 0.0375. The van der Waals surface area contributed by atoms with Gasteiger partial charge in [0.25, 0.3) is 0 Å². The predicted octanol–water partition coefficient (Wildman–Crippen LogP) is -0.630. The summed E-state index contributed by atoms with van der Waals surface area (Å²) in [6.07, 6.45) is 1.44. The molecule has 1 fully saturated rings. The maximum absolute atomic E-state index is 11.8. The molecule has 0 spiro atoms. The van der Waals surface area contributed by atoms with E-state index in [0.717, 1.165) is 0 Å². The summed E-state index contributed by atoms with van der Waals surface area (Å²) in [6.45, 7) is 7.40. The lowest BCUT2D eigenvalue weighted by Gasteiger charge is -2.36. The standard InChI is InChI=1S/C11H20N2O3/c1-3-4-12-5-11(15)13-6-9(2)16-10(7-13)8-14/h3,9-10,12,14H,1,4-8H2,2H3. The molecule has 0 bridgehead atoms. The number of carbonyl (C=O) groups is 1. The molecule has 5 heteroatoms. The second-order valence-electron chi connectivity index (χ2n) is 3.97. The lowest BCUT2D eigenvalue weighted by molar-refractivity contribution is -0.146. The second kappa shape index (κ2) is 6.62. The molecule has 1 saturated heterocycles. The van der Waals surface area contributed by atoms with Crippen LogP contribution in [-0.4, -0.2) is 60.9 Å².